The molecule has 1 amide bonds. The van der Waals surface area contributed by atoms with Gasteiger partial charge in [0.2, 0.25) is 0 Å². The highest BCUT2D eigenvalue weighted by atomic mass is 127. The van der Waals surface area contributed by atoms with Crippen LogP contribution in [0.2, 0.25) is 0 Å². The van der Waals surface area contributed by atoms with Gasteiger partial charge in [-0.2, -0.15) is 0 Å². The third-order valence-corrected chi connectivity index (χ3v) is 4.41. The molecule has 0 heterocycles. The Morgan fingerprint density at radius 3 is 2.53 bits per heavy atom. The lowest BCUT2D eigenvalue weighted by Crippen LogP contribution is -2.44. The third-order valence-electron chi connectivity index (χ3n) is 3.47. The highest BCUT2D eigenvalue weighted by molar-refractivity contribution is 14.1. The largest absolute Gasteiger partial charge is 0.337 e. The second-order valence-electron chi connectivity index (χ2n) is 4.95. The van der Waals surface area contributed by atoms with Crippen LogP contribution < -0.4 is 0 Å². The SMILES string of the molecule is CCC(C)(C)N(C)C(=O)c1cc([N+](=O)[O-])ccc1I. The van der Waals surface area contributed by atoms with Crippen LogP contribution in [0.4, 0.5) is 5.69 Å². The van der Waals surface area contributed by atoms with Gasteiger partial charge in [-0.1, -0.05) is 6.92 Å². The molecule has 104 valence electrons. The van der Waals surface area contributed by atoms with Gasteiger partial charge in [-0.05, 0) is 48.9 Å². The van der Waals surface area contributed by atoms with E-state index in [0.717, 1.165) is 6.42 Å². The van der Waals surface area contributed by atoms with Gasteiger partial charge in [0.15, 0.2) is 0 Å². The van der Waals surface area contributed by atoms with Crippen molar-refractivity contribution in [2.24, 2.45) is 0 Å². The Labute approximate surface area is 126 Å². The number of hydrogen-bond donors (Lipinski definition) is 0. The molecule has 0 atom stereocenters. The summed E-state index contributed by atoms with van der Waals surface area (Å²) in [6.07, 6.45) is 0.806. The molecule has 1 rings (SSSR count). The van der Waals surface area contributed by atoms with Gasteiger partial charge in [-0.25, -0.2) is 0 Å². The minimum Gasteiger partial charge on any atom is -0.337 e. The van der Waals surface area contributed by atoms with Gasteiger partial charge in [0, 0.05) is 28.3 Å². The lowest BCUT2D eigenvalue weighted by Gasteiger charge is -2.35. The third kappa shape index (κ3) is 3.43. The first-order valence-corrected chi connectivity index (χ1v) is 7.00. The summed E-state index contributed by atoms with van der Waals surface area (Å²) >= 11 is 2.02. The van der Waals surface area contributed by atoms with E-state index in [2.05, 4.69) is 0 Å². The first kappa shape index (κ1) is 15.9. The molecule has 0 N–H and O–H groups in total. The number of nitro groups is 1. The number of carbonyl (C=O) groups excluding carboxylic acids is 1. The molecule has 0 aliphatic rings. The van der Waals surface area contributed by atoms with E-state index in [1.165, 1.54) is 12.1 Å². The van der Waals surface area contributed by atoms with Crippen molar-refractivity contribution in [2.75, 3.05) is 7.05 Å². The molecule has 1 aromatic carbocycles. The zero-order chi connectivity index (χ0) is 14.8. The van der Waals surface area contributed by atoms with Crippen molar-refractivity contribution >= 4 is 34.2 Å². The normalized spacial score (nSPS) is 11.2. The van der Waals surface area contributed by atoms with Crippen molar-refractivity contribution in [2.45, 2.75) is 32.7 Å². The van der Waals surface area contributed by atoms with Crippen LogP contribution >= 0.6 is 22.6 Å². The van der Waals surface area contributed by atoms with Gasteiger partial charge in [-0.15, -0.1) is 0 Å². The second-order valence-corrected chi connectivity index (χ2v) is 6.11. The molecule has 0 saturated carbocycles. The number of amides is 1. The smallest absolute Gasteiger partial charge is 0.270 e. The van der Waals surface area contributed by atoms with Gasteiger partial charge < -0.3 is 4.90 Å². The lowest BCUT2D eigenvalue weighted by atomic mass is 9.99. The highest BCUT2D eigenvalue weighted by Gasteiger charge is 2.28. The second kappa shape index (κ2) is 5.85. The molecule has 0 saturated heterocycles. The van der Waals surface area contributed by atoms with Crippen LogP contribution in [0, 0.1) is 13.7 Å². The standard InChI is InChI=1S/C13H17IN2O3/c1-5-13(2,3)15(4)12(17)10-8-9(16(18)19)6-7-11(10)14/h6-8H,5H2,1-4H3. The Morgan fingerprint density at radius 1 is 1.47 bits per heavy atom. The summed E-state index contributed by atoms with van der Waals surface area (Å²) in [5, 5.41) is 10.8. The van der Waals surface area contributed by atoms with Gasteiger partial charge in [0.1, 0.15) is 0 Å². The molecule has 0 unspecified atom stereocenters. The molecule has 0 spiro atoms. The van der Waals surface area contributed by atoms with Crippen molar-refractivity contribution in [1.82, 2.24) is 4.90 Å². The number of hydrogen-bond acceptors (Lipinski definition) is 3. The van der Waals surface area contributed by atoms with Gasteiger partial charge in [0.05, 0.1) is 10.5 Å². The van der Waals surface area contributed by atoms with Crippen molar-refractivity contribution in [1.29, 1.82) is 0 Å². The fraction of sp³-hybridized carbons (Fsp3) is 0.462. The number of halogens is 1. The Hall–Kier alpha value is -1.18. The van der Waals surface area contributed by atoms with Crippen LogP contribution in [0.1, 0.15) is 37.6 Å². The van der Waals surface area contributed by atoms with Crippen LogP contribution in [0.5, 0.6) is 0 Å². The molecule has 0 bridgehead atoms. The van der Waals surface area contributed by atoms with Crippen molar-refractivity contribution in [3.05, 3.63) is 37.4 Å². The van der Waals surface area contributed by atoms with Gasteiger partial charge in [-0.3, -0.25) is 14.9 Å². The summed E-state index contributed by atoms with van der Waals surface area (Å²) in [7, 11) is 1.72. The van der Waals surface area contributed by atoms with Crippen molar-refractivity contribution in [3.8, 4) is 0 Å². The van der Waals surface area contributed by atoms with Crippen molar-refractivity contribution in [3.63, 3.8) is 0 Å². The number of nitro benzene ring substituents is 1. The monoisotopic (exact) mass is 376 g/mol. The zero-order valence-electron chi connectivity index (χ0n) is 11.4. The first-order valence-electron chi connectivity index (χ1n) is 5.92. The van der Waals surface area contributed by atoms with Crippen molar-refractivity contribution < 1.29 is 9.72 Å². The molecule has 0 aromatic heterocycles. The van der Waals surface area contributed by atoms with E-state index >= 15 is 0 Å². The van der Waals surface area contributed by atoms with E-state index in [9.17, 15) is 14.9 Å². The number of rotatable bonds is 4. The quantitative estimate of drug-likeness (QED) is 0.459. The topological polar surface area (TPSA) is 63.5 Å². The molecule has 0 aliphatic carbocycles. The maximum atomic E-state index is 12.4. The summed E-state index contributed by atoms with van der Waals surface area (Å²) < 4.78 is 0.715. The van der Waals surface area contributed by atoms with E-state index < -0.39 is 4.92 Å². The molecule has 6 heteroatoms. The molecule has 5 nitrogen and oxygen atoms in total. The fourth-order valence-corrected chi connectivity index (χ4v) is 2.05. The average Bonchev–Trinajstić information content (AvgIpc) is 2.37. The molecule has 0 aliphatic heterocycles. The maximum absolute atomic E-state index is 12.4. The molecule has 0 fully saturated rings. The molecule has 19 heavy (non-hydrogen) atoms. The first-order chi connectivity index (χ1) is 8.70. The Kier molecular flexibility index (Phi) is 4.89. The van der Waals surface area contributed by atoms with Crippen LogP contribution in [0.25, 0.3) is 0 Å². The van der Waals surface area contributed by atoms with E-state index in [1.807, 2.05) is 43.4 Å². The van der Waals surface area contributed by atoms with Gasteiger partial charge in [0.25, 0.3) is 11.6 Å². The van der Waals surface area contributed by atoms with Gasteiger partial charge >= 0.3 is 0 Å². The number of non-ortho nitro benzene ring substituents is 1. The summed E-state index contributed by atoms with van der Waals surface area (Å²) in [4.78, 5) is 24.4. The Bertz CT molecular complexity index is 515. The van der Waals surface area contributed by atoms with E-state index in [1.54, 1.807) is 18.0 Å². The minimum absolute atomic E-state index is 0.0635. The molecule has 0 radical (unpaired) electrons. The zero-order valence-corrected chi connectivity index (χ0v) is 13.6. The fourth-order valence-electron chi connectivity index (χ4n) is 1.48. The predicted octanol–water partition coefficient (Wildman–Crippen LogP) is 3.46. The molecule has 1 aromatic rings. The van der Waals surface area contributed by atoms with Crippen LogP contribution in [-0.4, -0.2) is 28.3 Å². The van der Waals surface area contributed by atoms with E-state index in [4.69, 9.17) is 0 Å². The minimum atomic E-state index is -0.488. The number of carbonyl (C=O) groups is 1. The lowest BCUT2D eigenvalue weighted by molar-refractivity contribution is -0.384. The summed E-state index contributed by atoms with van der Waals surface area (Å²) in [6.45, 7) is 5.94. The van der Waals surface area contributed by atoms with Crippen LogP contribution in [-0.2, 0) is 0 Å². The molecular weight excluding hydrogens is 359 g/mol. The molecular formula is C13H17IN2O3. The maximum Gasteiger partial charge on any atom is 0.270 e. The highest BCUT2D eigenvalue weighted by Crippen LogP contribution is 2.24. The Balaban J connectivity index is 3.19. The summed E-state index contributed by atoms with van der Waals surface area (Å²) in [5.41, 5.74) is 0.0235. The number of nitrogens with zero attached hydrogens (tertiary/aromatic N) is 2. The summed E-state index contributed by atoms with van der Waals surface area (Å²) in [5.74, 6) is -0.194. The number of benzene rings is 1. The van der Waals surface area contributed by atoms with Crippen LogP contribution in [0.15, 0.2) is 18.2 Å². The van der Waals surface area contributed by atoms with Crippen LogP contribution in [0.3, 0.4) is 0 Å². The summed E-state index contributed by atoms with van der Waals surface area (Å²) in [6, 6.07) is 4.34. The Morgan fingerprint density at radius 2 is 2.05 bits per heavy atom. The van der Waals surface area contributed by atoms with E-state index in [0.29, 0.717) is 9.13 Å². The van der Waals surface area contributed by atoms with E-state index in [-0.39, 0.29) is 17.1 Å². The average molecular weight is 376 g/mol. The predicted molar refractivity (Wildman–Crippen MR) is 82.3 cm³/mol.